The summed E-state index contributed by atoms with van der Waals surface area (Å²) in [5.41, 5.74) is 8.91. The highest BCUT2D eigenvalue weighted by Crippen LogP contribution is 2.57. The van der Waals surface area contributed by atoms with Crippen molar-refractivity contribution in [2.45, 2.75) is 32.2 Å². The third-order valence-corrected chi connectivity index (χ3v) is 4.92. The van der Waals surface area contributed by atoms with E-state index in [0.29, 0.717) is 5.92 Å². The van der Waals surface area contributed by atoms with Gasteiger partial charge in [0, 0.05) is 6.04 Å². The Kier molecular flexibility index (Phi) is 3.17. The molecule has 2 fully saturated rings. The first kappa shape index (κ1) is 12.8. The lowest BCUT2D eigenvalue weighted by molar-refractivity contribution is 0.351. The van der Waals surface area contributed by atoms with E-state index >= 15 is 0 Å². The predicted octanol–water partition coefficient (Wildman–Crippen LogP) is 3.06. The van der Waals surface area contributed by atoms with Crippen molar-refractivity contribution in [3.8, 4) is 11.5 Å². The Labute approximate surface area is 115 Å². The highest BCUT2D eigenvalue weighted by molar-refractivity contribution is 5.48. The molecule has 0 bridgehead atoms. The lowest BCUT2D eigenvalue weighted by Crippen LogP contribution is -2.21. The predicted molar refractivity (Wildman–Crippen MR) is 75.5 cm³/mol. The quantitative estimate of drug-likeness (QED) is 0.906. The summed E-state index contributed by atoms with van der Waals surface area (Å²) in [6.07, 6.45) is 4.05. The van der Waals surface area contributed by atoms with Gasteiger partial charge in [0.15, 0.2) is 11.5 Å². The van der Waals surface area contributed by atoms with Gasteiger partial charge >= 0.3 is 0 Å². The Bertz CT molecular complexity index is 476. The minimum Gasteiger partial charge on any atom is -0.493 e. The Morgan fingerprint density at radius 1 is 1.05 bits per heavy atom. The fraction of sp³-hybridized carbons (Fsp3) is 0.625. The molecule has 0 saturated heterocycles. The number of fused-ring (bicyclic) bond motifs is 1. The molecule has 3 heteroatoms. The van der Waals surface area contributed by atoms with E-state index in [9.17, 15) is 0 Å². The highest BCUT2D eigenvalue weighted by Gasteiger charge is 2.47. The number of aryl methyl sites for hydroxylation is 1. The Morgan fingerprint density at radius 2 is 1.63 bits per heavy atom. The summed E-state index contributed by atoms with van der Waals surface area (Å²) in [5, 5.41) is 0. The van der Waals surface area contributed by atoms with E-state index in [1.54, 1.807) is 14.2 Å². The van der Waals surface area contributed by atoms with E-state index in [4.69, 9.17) is 15.2 Å². The van der Waals surface area contributed by atoms with Gasteiger partial charge in [-0.05, 0) is 67.2 Å². The second-order valence-corrected chi connectivity index (χ2v) is 6.08. The molecule has 2 saturated carbocycles. The van der Waals surface area contributed by atoms with E-state index in [-0.39, 0.29) is 6.04 Å². The van der Waals surface area contributed by atoms with Gasteiger partial charge in [0.05, 0.1) is 14.2 Å². The number of benzene rings is 1. The van der Waals surface area contributed by atoms with Crippen molar-refractivity contribution in [1.82, 2.24) is 0 Å². The van der Waals surface area contributed by atoms with Crippen LogP contribution in [0.2, 0.25) is 0 Å². The topological polar surface area (TPSA) is 44.5 Å². The summed E-state index contributed by atoms with van der Waals surface area (Å²) in [7, 11) is 3.34. The van der Waals surface area contributed by atoms with Crippen molar-refractivity contribution in [2.75, 3.05) is 14.2 Å². The van der Waals surface area contributed by atoms with Crippen LogP contribution < -0.4 is 15.2 Å². The van der Waals surface area contributed by atoms with Crippen molar-refractivity contribution in [3.05, 3.63) is 23.3 Å². The first-order chi connectivity index (χ1) is 9.13. The number of hydrogen-bond donors (Lipinski definition) is 1. The van der Waals surface area contributed by atoms with Crippen LogP contribution in [0.15, 0.2) is 12.1 Å². The van der Waals surface area contributed by atoms with Crippen LogP contribution in [0.1, 0.15) is 36.4 Å². The molecule has 104 valence electrons. The zero-order valence-electron chi connectivity index (χ0n) is 12.0. The van der Waals surface area contributed by atoms with Gasteiger partial charge in [-0.1, -0.05) is 0 Å². The zero-order chi connectivity index (χ0) is 13.6. The van der Waals surface area contributed by atoms with Crippen molar-refractivity contribution in [1.29, 1.82) is 0 Å². The maximum Gasteiger partial charge on any atom is 0.161 e. The number of methoxy groups -OCH3 is 2. The third kappa shape index (κ3) is 2.20. The van der Waals surface area contributed by atoms with E-state index in [2.05, 4.69) is 13.0 Å². The number of ether oxygens (including phenoxy) is 2. The Morgan fingerprint density at radius 3 is 2.21 bits per heavy atom. The van der Waals surface area contributed by atoms with Crippen LogP contribution in [-0.2, 0) is 0 Å². The fourth-order valence-electron chi connectivity index (χ4n) is 3.66. The largest absolute Gasteiger partial charge is 0.493 e. The SMILES string of the molecule is COc1cc(C)c(C(N)C2CC3CC3C2)cc1OC. The second-order valence-electron chi connectivity index (χ2n) is 6.08. The van der Waals surface area contributed by atoms with Gasteiger partial charge in [0.1, 0.15) is 0 Å². The molecule has 0 aliphatic heterocycles. The molecule has 2 aliphatic rings. The molecule has 0 radical (unpaired) electrons. The van der Waals surface area contributed by atoms with Crippen molar-refractivity contribution in [3.63, 3.8) is 0 Å². The molecule has 3 atom stereocenters. The van der Waals surface area contributed by atoms with Gasteiger partial charge in [0.25, 0.3) is 0 Å². The summed E-state index contributed by atoms with van der Waals surface area (Å²) < 4.78 is 10.7. The zero-order valence-corrected chi connectivity index (χ0v) is 12.0. The van der Waals surface area contributed by atoms with Crippen LogP contribution in [0, 0.1) is 24.7 Å². The Hall–Kier alpha value is -1.22. The summed E-state index contributed by atoms with van der Waals surface area (Å²) in [6, 6.07) is 4.22. The monoisotopic (exact) mass is 261 g/mol. The van der Waals surface area contributed by atoms with Gasteiger partial charge < -0.3 is 15.2 Å². The van der Waals surface area contributed by atoms with Crippen molar-refractivity contribution < 1.29 is 9.47 Å². The maximum atomic E-state index is 6.50. The number of nitrogens with two attached hydrogens (primary N) is 1. The highest BCUT2D eigenvalue weighted by atomic mass is 16.5. The van der Waals surface area contributed by atoms with Gasteiger partial charge in [-0.2, -0.15) is 0 Å². The molecule has 1 aromatic rings. The van der Waals surface area contributed by atoms with Crippen molar-refractivity contribution >= 4 is 0 Å². The van der Waals surface area contributed by atoms with Gasteiger partial charge in [-0.15, -0.1) is 0 Å². The van der Waals surface area contributed by atoms with Crippen LogP contribution in [0.5, 0.6) is 11.5 Å². The van der Waals surface area contributed by atoms with Crippen LogP contribution in [0.25, 0.3) is 0 Å². The molecule has 2 N–H and O–H groups in total. The van der Waals surface area contributed by atoms with E-state index in [1.807, 2.05) is 6.07 Å². The molecule has 3 rings (SSSR count). The van der Waals surface area contributed by atoms with E-state index in [0.717, 1.165) is 23.3 Å². The summed E-state index contributed by atoms with van der Waals surface area (Å²) in [6.45, 7) is 2.10. The molecule has 0 spiro atoms. The van der Waals surface area contributed by atoms with E-state index in [1.165, 1.54) is 30.4 Å². The molecule has 0 aromatic heterocycles. The molecule has 0 heterocycles. The van der Waals surface area contributed by atoms with Gasteiger partial charge in [0.2, 0.25) is 0 Å². The summed E-state index contributed by atoms with van der Waals surface area (Å²) in [5.74, 6) is 4.14. The molecule has 3 nitrogen and oxygen atoms in total. The van der Waals surface area contributed by atoms with Gasteiger partial charge in [-0.3, -0.25) is 0 Å². The van der Waals surface area contributed by atoms with E-state index < -0.39 is 0 Å². The van der Waals surface area contributed by atoms with Gasteiger partial charge in [-0.25, -0.2) is 0 Å². The summed E-state index contributed by atoms with van der Waals surface area (Å²) >= 11 is 0. The smallest absolute Gasteiger partial charge is 0.161 e. The van der Waals surface area contributed by atoms with Crippen LogP contribution in [0.3, 0.4) is 0 Å². The van der Waals surface area contributed by atoms with Crippen LogP contribution in [-0.4, -0.2) is 14.2 Å². The minimum absolute atomic E-state index is 0.132. The van der Waals surface area contributed by atoms with Crippen molar-refractivity contribution in [2.24, 2.45) is 23.5 Å². The fourth-order valence-corrected chi connectivity index (χ4v) is 3.66. The summed E-state index contributed by atoms with van der Waals surface area (Å²) in [4.78, 5) is 0. The average molecular weight is 261 g/mol. The number of rotatable bonds is 4. The lowest BCUT2D eigenvalue weighted by Gasteiger charge is -2.24. The molecule has 1 aromatic carbocycles. The number of hydrogen-bond acceptors (Lipinski definition) is 3. The minimum atomic E-state index is 0.132. The van der Waals surface area contributed by atoms with Crippen LogP contribution in [0.4, 0.5) is 0 Å². The first-order valence-corrected chi connectivity index (χ1v) is 7.12. The second kappa shape index (κ2) is 4.71. The average Bonchev–Trinajstić information content (AvgIpc) is 3.04. The van der Waals surface area contributed by atoms with Crippen LogP contribution >= 0.6 is 0 Å². The molecule has 2 aliphatic carbocycles. The standard InChI is InChI=1S/C16H23NO2/c1-9-4-14(18-2)15(19-3)8-13(9)16(17)12-6-10-5-11(10)7-12/h4,8,10-12,16H,5-7,17H2,1-3H3. The molecule has 19 heavy (non-hydrogen) atoms. The molecule has 0 amide bonds. The third-order valence-electron chi connectivity index (χ3n) is 4.92. The molecular formula is C16H23NO2. The molecular weight excluding hydrogens is 238 g/mol. The normalized spacial score (nSPS) is 29.8. The Balaban J connectivity index is 1.86. The maximum absolute atomic E-state index is 6.50. The first-order valence-electron chi connectivity index (χ1n) is 7.12. The lowest BCUT2D eigenvalue weighted by atomic mass is 9.87. The molecule has 3 unspecified atom stereocenters.